The second-order valence-electron chi connectivity index (χ2n) is 10.1. The maximum Gasteiger partial charge on any atom is 0.325 e. The number of sulfone groups is 1. The van der Waals surface area contributed by atoms with Crippen LogP contribution in [0.5, 0.6) is 0 Å². The molecule has 6 amide bonds. The van der Waals surface area contributed by atoms with Crippen molar-refractivity contribution in [1.82, 2.24) is 20.4 Å². The van der Waals surface area contributed by atoms with Crippen LogP contribution in [0.4, 0.5) is 19.7 Å². The Balaban J connectivity index is 1.40. The van der Waals surface area contributed by atoms with Gasteiger partial charge in [0, 0.05) is 30.9 Å². The number of imide groups is 1. The summed E-state index contributed by atoms with van der Waals surface area (Å²) < 4.78 is 39.5. The maximum absolute atomic E-state index is 13.7. The molecule has 2 aromatic carbocycles. The van der Waals surface area contributed by atoms with E-state index in [-0.39, 0.29) is 34.7 Å². The van der Waals surface area contributed by atoms with Gasteiger partial charge in [0.25, 0.3) is 5.91 Å². The Hall–Kier alpha value is -4.00. The molecule has 0 radical (unpaired) electrons. The van der Waals surface area contributed by atoms with Crippen molar-refractivity contribution in [3.8, 4) is 0 Å². The molecule has 0 bridgehead atoms. The summed E-state index contributed by atoms with van der Waals surface area (Å²) in [5.74, 6) is -2.14. The molecule has 2 aliphatic heterocycles. The Kier molecular flexibility index (Phi) is 6.57. The van der Waals surface area contributed by atoms with Gasteiger partial charge < -0.3 is 20.9 Å². The molecule has 2 heterocycles. The van der Waals surface area contributed by atoms with Gasteiger partial charge in [-0.25, -0.2) is 22.4 Å². The van der Waals surface area contributed by atoms with Gasteiger partial charge in [-0.2, -0.15) is 0 Å². The summed E-state index contributed by atoms with van der Waals surface area (Å²) in [6.45, 7) is 1.50. The SMILES string of the molecule is CNC(=O)Nc1ccc2c(c1)S(=O)(=O)CC21NC(=O)N(CC(=O)N(Cc2ccc(F)cc2)C(C)C2CC2)C1=O. The molecule has 2 fully saturated rings. The lowest BCUT2D eigenvalue weighted by molar-refractivity contribution is -0.140. The molecule has 0 aromatic heterocycles. The Morgan fingerprint density at radius 3 is 2.51 bits per heavy atom. The van der Waals surface area contributed by atoms with Crippen LogP contribution in [0.15, 0.2) is 47.4 Å². The van der Waals surface area contributed by atoms with Crippen molar-refractivity contribution in [2.45, 2.75) is 42.8 Å². The zero-order chi connectivity index (χ0) is 28.1. The number of carbonyl (C=O) groups is 4. The largest absolute Gasteiger partial charge is 0.341 e. The van der Waals surface area contributed by atoms with Crippen molar-refractivity contribution in [3.05, 3.63) is 59.4 Å². The van der Waals surface area contributed by atoms with Crippen molar-refractivity contribution in [2.75, 3.05) is 24.7 Å². The number of nitrogens with zero attached hydrogens (tertiary/aromatic N) is 2. The van der Waals surface area contributed by atoms with Crippen LogP contribution in [0, 0.1) is 11.7 Å². The van der Waals surface area contributed by atoms with Gasteiger partial charge in [-0.05, 0) is 55.5 Å². The molecule has 1 saturated heterocycles. The molecule has 2 atom stereocenters. The molecule has 1 spiro atoms. The fraction of sp³-hybridized carbons (Fsp3) is 0.385. The molecule has 13 heteroatoms. The van der Waals surface area contributed by atoms with E-state index in [4.69, 9.17) is 0 Å². The molecule has 1 aliphatic carbocycles. The molecular weight excluding hydrogens is 529 g/mol. The van der Waals surface area contributed by atoms with Crippen LogP contribution in [0.25, 0.3) is 0 Å². The Morgan fingerprint density at radius 2 is 1.87 bits per heavy atom. The number of urea groups is 2. The third-order valence-corrected chi connectivity index (χ3v) is 9.34. The van der Waals surface area contributed by atoms with Crippen molar-refractivity contribution >= 4 is 39.4 Å². The number of rotatable bonds is 7. The van der Waals surface area contributed by atoms with E-state index in [9.17, 15) is 32.0 Å². The summed E-state index contributed by atoms with van der Waals surface area (Å²) in [4.78, 5) is 54.0. The van der Waals surface area contributed by atoms with Crippen molar-refractivity contribution < 1.29 is 32.0 Å². The molecule has 3 N–H and O–H groups in total. The molecule has 11 nitrogen and oxygen atoms in total. The highest BCUT2D eigenvalue weighted by molar-refractivity contribution is 7.92. The zero-order valence-corrected chi connectivity index (χ0v) is 22.2. The average Bonchev–Trinajstić information content (AvgIpc) is 3.68. The predicted octanol–water partition coefficient (Wildman–Crippen LogP) is 1.94. The van der Waals surface area contributed by atoms with Gasteiger partial charge in [-0.3, -0.25) is 14.5 Å². The van der Waals surface area contributed by atoms with E-state index in [1.54, 1.807) is 17.0 Å². The maximum atomic E-state index is 13.7. The first-order chi connectivity index (χ1) is 18.4. The second-order valence-corrected chi connectivity index (χ2v) is 12.1. The Morgan fingerprint density at radius 1 is 1.18 bits per heavy atom. The van der Waals surface area contributed by atoms with Crippen molar-refractivity contribution in [2.24, 2.45) is 5.92 Å². The number of benzene rings is 2. The number of amides is 6. The molecule has 5 rings (SSSR count). The molecule has 1 saturated carbocycles. The molecular formula is C26H28FN5O6S. The highest BCUT2D eigenvalue weighted by Gasteiger charge is 2.60. The summed E-state index contributed by atoms with van der Waals surface area (Å²) in [6.07, 6.45) is 1.90. The van der Waals surface area contributed by atoms with Gasteiger partial charge >= 0.3 is 12.1 Å². The minimum Gasteiger partial charge on any atom is -0.341 e. The predicted molar refractivity (Wildman–Crippen MR) is 138 cm³/mol. The van der Waals surface area contributed by atoms with Crippen LogP contribution >= 0.6 is 0 Å². The average molecular weight is 558 g/mol. The number of nitrogens with one attached hydrogen (secondary N) is 3. The summed E-state index contributed by atoms with van der Waals surface area (Å²) in [5.41, 5.74) is -0.903. The van der Waals surface area contributed by atoms with E-state index >= 15 is 0 Å². The van der Waals surface area contributed by atoms with E-state index in [0.29, 0.717) is 5.56 Å². The number of carbonyl (C=O) groups excluding carboxylic acids is 4. The smallest absolute Gasteiger partial charge is 0.325 e. The molecule has 2 aromatic rings. The van der Waals surface area contributed by atoms with Gasteiger partial charge in [-0.1, -0.05) is 18.2 Å². The molecule has 206 valence electrons. The van der Waals surface area contributed by atoms with E-state index in [1.165, 1.54) is 37.4 Å². The van der Waals surface area contributed by atoms with E-state index in [1.807, 2.05) is 6.92 Å². The number of anilines is 1. The summed E-state index contributed by atoms with van der Waals surface area (Å²) in [7, 11) is -2.60. The van der Waals surface area contributed by atoms with Gasteiger partial charge in [0.1, 0.15) is 12.4 Å². The lowest BCUT2D eigenvalue weighted by Gasteiger charge is -2.31. The fourth-order valence-electron chi connectivity index (χ4n) is 5.20. The highest BCUT2D eigenvalue weighted by Crippen LogP contribution is 2.43. The zero-order valence-electron chi connectivity index (χ0n) is 21.4. The second kappa shape index (κ2) is 9.63. The van der Waals surface area contributed by atoms with E-state index in [2.05, 4.69) is 16.0 Å². The van der Waals surface area contributed by atoms with Gasteiger partial charge in [0.15, 0.2) is 15.4 Å². The van der Waals surface area contributed by atoms with E-state index < -0.39 is 57.4 Å². The number of hydrogen-bond acceptors (Lipinski definition) is 6. The summed E-state index contributed by atoms with van der Waals surface area (Å²) in [6, 6.07) is 8.21. The highest BCUT2D eigenvalue weighted by atomic mass is 32.2. The number of fused-ring (bicyclic) bond motifs is 2. The van der Waals surface area contributed by atoms with Crippen LogP contribution in [0.1, 0.15) is 30.9 Å². The third-order valence-electron chi connectivity index (χ3n) is 7.52. The number of hydrogen-bond donors (Lipinski definition) is 3. The molecule has 39 heavy (non-hydrogen) atoms. The Labute approximate surface area is 224 Å². The fourth-order valence-corrected chi connectivity index (χ4v) is 7.16. The summed E-state index contributed by atoms with van der Waals surface area (Å²) in [5, 5.41) is 7.37. The van der Waals surface area contributed by atoms with E-state index in [0.717, 1.165) is 17.7 Å². The quantitative estimate of drug-likeness (QED) is 0.444. The lowest BCUT2D eigenvalue weighted by atomic mass is 9.92. The topological polar surface area (TPSA) is 145 Å². The van der Waals surface area contributed by atoms with Gasteiger partial charge in [0.05, 0.1) is 10.6 Å². The minimum atomic E-state index is -4.01. The lowest BCUT2D eigenvalue weighted by Crippen LogP contribution is -2.48. The van der Waals surface area contributed by atoms with Crippen molar-refractivity contribution in [3.63, 3.8) is 0 Å². The Bertz CT molecular complexity index is 1480. The van der Waals surface area contributed by atoms with Crippen LogP contribution in [-0.4, -0.2) is 67.5 Å². The van der Waals surface area contributed by atoms with Gasteiger partial charge in [0.2, 0.25) is 5.91 Å². The van der Waals surface area contributed by atoms with Gasteiger partial charge in [-0.15, -0.1) is 0 Å². The third kappa shape index (κ3) is 4.82. The molecule has 2 unspecified atom stereocenters. The molecule has 3 aliphatic rings. The standard InChI is InChI=1S/C26H28FN5O6S/c1-15(17-5-6-17)31(12-16-3-7-18(27)8-4-16)22(33)13-32-23(34)26(30-25(32)36)14-39(37,38)21-11-19(9-10-20(21)26)29-24(35)28-2/h3-4,7-11,15,17H,5-6,12-14H2,1-2H3,(H,30,36)(H2,28,29,35). The minimum absolute atomic E-state index is 0.0766. The van der Waals surface area contributed by atoms with Crippen LogP contribution in [0.3, 0.4) is 0 Å². The van der Waals surface area contributed by atoms with Crippen LogP contribution < -0.4 is 16.0 Å². The first kappa shape index (κ1) is 26.6. The number of halogens is 1. The first-order valence-corrected chi connectivity index (χ1v) is 14.1. The normalized spacial score (nSPS) is 21.9. The van der Waals surface area contributed by atoms with Crippen LogP contribution in [0.2, 0.25) is 0 Å². The van der Waals surface area contributed by atoms with Crippen molar-refractivity contribution in [1.29, 1.82) is 0 Å². The first-order valence-electron chi connectivity index (χ1n) is 12.5. The summed E-state index contributed by atoms with van der Waals surface area (Å²) >= 11 is 0. The monoisotopic (exact) mass is 557 g/mol. The van der Waals surface area contributed by atoms with Crippen LogP contribution in [-0.2, 0) is 31.5 Å².